The molecule has 0 bridgehead atoms. The second-order valence-corrected chi connectivity index (χ2v) is 5.02. The largest absolute Gasteiger partial charge is 0.497 e. The minimum absolute atomic E-state index is 0.00307. The lowest BCUT2D eigenvalue weighted by Gasteiger charge is -2.32. The number of carbonyl (C=O) groups is 1. The van der Waals surface area contributed by atoms with Gasteiger partial charge in [-0.15, -0.1) is 0 Å². The fourth-order valence-corrected chi connectivity index (χ4v) is 2.46. The van der Waals surface area contributed by atoms with E-state index in [1.54, 1.807) is 7.11 Å². The molecule has 1 saturated heterocycles. The van der Waals surface area contributed by atoms with Crippen LogP contribution >= 0.6 is 0 Å². The summed E-state index contributed by atoms with van der Waals surface area (Å²) < 4.78 is 5.10. The minimum Gasteiger partial charge on any atom is -0.497 e. The fourth-order valence-electron chi connectivity index (χ4n) is 2.46. The molecule has 19 heavy (non-hydrogen) atoms. The van der Waals surface area contributed by atoms with Gasteiger partial charge >= 0.3 is 6.03 Å². The number of hydrogen-bond acceptors (Lipinski definition) is 2. The van der Waals surface area contributed by atoms with Gasteiger partial charge in [-0.25, -0.2) is 4.79 Å². The molecule has 1 N–H and O–H groups in total. The predicted octanol–water partition coefficient (Wildman–Crippen LogP) is 3.35. The lowest BCUT2D eigenvalue weighted by molar-refractivity contribution is 0.176. The maximum Gasteiger partial charge on any atom is 0.321 e. The molecule has 4 heteroatoms. The van der Waals surface area contributed by atoms with Gasteiger partial charge in [0, 0.05) is 18.8 Å². The van der Waals surface area contributed by atoms with Crippen LogP contribution in [-0.4, -0.2) is 31.1 Å². The molecule has 1 aromatic carbocycles. The number of methoxy groups -OCH3 is 1. The molecule has 1 aliphatic heterocycles. The number of nitrogens with zero attached hydrogens (tertiary/aromatic N) is 1. The highest BCUT2D eigenvalue weighted by molar-refractivity contribution is 5.89. The molecule has 1 atom stereocenters. The van der Waals surface area contributed by atoms with Crippen molar-refractivity contribution in [1.82, 2.24) is 4.90 Å². The maximum atomic E-state index is 12.2. The first kappa shape index (κ1) is 13.7. The van der Waals surface area contributed by atoms with Crippen molar-refractivity contribution in [3.63, 3.8) is 0 Å². The SMILES string of the molecule is CCC1CCCN(C(=O)Nc2ccc(OC)cc2)C1. The number of rotatable bonds is 3. The molecular formula is C15H22N2O2. The molecule has 2 amide bonds. The summed E-state index contributed by atoms with van der Waals surface area (Å²) in [5.74, 6) is 1.44. The Morgan fingerprint density at radius 1 is 1.42 bits per heavy atom. The Labute approximate surface area is 114 Å². The summed E-state index contributed by atoms with van der Waals surface area (Å²) in [5, 5.41) is 2.94. The van der Waals surface area contributed by atoms with Crippen LogP contribution in [0.5, 0.6) is 5.75 Å². The van der Waals surface area contributed by atoms with Crippen molar-refractivity contribution >= 4 is 11.7 Å². The number of ether oxygens (including phenoxy) is 1. The molecule has 0 saturated carbocycles. The number of benzene rings is 1. The van der Waals surface area contributed by atoms with Crippen LogP contribution in [0.25, 0.3) is 0 Å². The fraction of sp³-hybridized carbons (Fsp3) is 0.533. The summed E-state index contributed by atoms with van der Waals surface area (Å²) in [5.41, 5.74) is 0.810. The van der Waals surface area contributed by atoms with Crippen molar-refractivity contribution < 1.29 is 9.53 Å². The number of piperidine rings is 1. The van der Waals surface area contributed by atoms with E-state index in [9.17, 15) is 4.79 Å². The number of carbonyl (C=O) groups excluding carboxylic acids is 1. The van der Waals surface area contributed by atoms with E-state index in [0.29, 0.717) is 5.92 Å². The van der Waals surface area contributed by atoms with Gasteiger partial charge in [0.05, 0.1) is 7.11 Å². The van der Waals surface area contributed by atoms with Gasteiger partial charge in [0.2, 0.25) is 0 Å². The second-order valence-electron chi connectivity index (χ2n) is 5.02. The Balaban J connectivity index is 1.92. The van der Waals surface area contributed by atoms with E-state index in [1.165, 1.54) is 6.42 Å². The van der Waals surface area contributed by atoms with Gasteiger partial charge in [-0.3, -0.25) is 0 Å². The molecule has 0 aliphatic carbocycles. The quantitative estimate of drug-likeness (QED) is 0.907. The van der Waals surface area contributed by atoms with Crippen LogP contribution in [0.15, 0.2) is 24.3 Å². The number of anilines is 1. The molecule has 0 spiro atoms. The molecule has 1 unspecified atom stereocenters. The smallest absolute Gasteiger partial charge is 0.321 e. The van der Waals surface area contributed by atoms with Crippen molar-refractivity contribution in [3.05, 3.63) is 24.3 Å². The summed E-state index contributed by atoms with van der Waals surface area (Å²) in [6.07, 6.45) is 3.49. The van der Waals surface area contributed by atoms with E-state index in [1.807, 2.05) is 29.2 Å². The van der Waals surface area contributed by atoms with Crippen molar-refractivity contribution in [1.29, 1.82) is 0 Å². The van der Waals surface area contributed by atoms with Crippen LogP contribution in [-0.2, 0) is 0 Å². The standard InChI is InChI=1S/C15H22N2O2/c1-3-12-5-4-10-17(11-12)15(18)16-13-6-8-14(19-2)9-7-13/h6-9,12H,3-5,10-11H2,1-2H3,(H,16,18). The summed E-state index contributed by atoms with van der Waals surface area (Å²) in [6, 6.07) is 7.42. The van der Waals surface area contributed by atoms with E-state index < -0.39 is 0 Å². The zero-order valence-electron chi connectivity index (χ0n) is 11.7. The highest BCUT2D eigenvalue weighted by Gasteiger charge is 2.22. The van der Waals surface area contributed by atoms with E-state index in [0.717, 1.165) is 37.4 Å². The molecule has 1 aliphatic rings. The van der Waals surface area contributed by atoms with Crippen molar-refractivity contribution in [2.45, 2.75) is 26.2 Å². The lowest BCUT2D eigenvalue weighted by atomic mass is 9.96. The number of urea groups is 1. The van der Waals surface area contributed by atoms with Crippen LogP contribution in [0.3, 0.4) is 0 Å². The van der Waals surface area contributed by atoms with Gasteiger partial charge < -0.3 is 15.0 Å². The van der Waals surface area contributed by atoms with Gasteiger partial charge in [-0.1, -0.05) is 13.3 Å². The van der Waals surface area contributed by atoms with E-state index in [4.69, 9.17) is 4.74 Å². The molecule has 1 fully saturated rings. The second kappa shape index (κ2) is 6.45. The van der Waals surface area contributed by atoms with Gasteiger partial charge in [-0.05, 0) is 43.0 Å². The Hall–Kier alpha value is -1.71. The predicted molar refractivity (Wildman–Crippen MR) is 76.6 cm³/mol. The number of nitrogens with one attached hydrogen (secondary N) is 1. The molecule has 2 rings (SSSR count). The summed E-state index contributed by atoms with van der Waals surface area (Å²) in [7, 11) is 1.63. The van der Waals surface area contributed by atoms with Gasteiger partial charge in [0.15, 0.2) is 0 Å². The molecule has 0 radical (unpaired) electrons. The summed E-state index contributed by atoms with van der Waals surface area (Å²) >= 11 is 0. The zero-order valence-corrected chi connectivity index (χ0v) is 11.7. The first-order chi connectivity index (χ1) is 9.22. The Morgan fingerprint density at radius 2 is 2.16 bits per heavy atom. The number of hydrogen-bond donors (Lipinski definition) is 1. The van der Waals surface area contributed by atoms with E-state index in [2.05, 4.69) is 12.2 Å². The van der Waals surface area contributed by atoms with Crippen LogP contribution in [0, 0.1) is 5.92 Å². The van der Waals surface area contributed by atoms with Crippen LogP contribution in [0.2, 0.25) is 0 Å². The van der Waals surface area contributed by atoms with Crippen molar-refractivity contribution in [2.75, 3.05) is 25.5 Å². The van der Waals surface area contributed by atoms with Gasteiger partial charge in [0.1, 0.15) is 5.75 Å². The summed E-state index contributed by atoms with van der Waals surface area (Å²) in [6.45, 7) is 3.92. The van der Waals surface area contributed by atoms with Crippen molar-refractivity contribution in [3.8, 4) is 5.75 Å². The van der Waals surface area contributed by atoms with Gasteiger partial charge in [0.25, 0.3) is 0 Å². The maximum absolute atomic E-state index is 12.2. The van der Waals surface area contributed by atoms with Crippen LogP contribution in [0.4, 0.5) is 10.5 Å². The third kappa shape index (κ3) is 3.63. The lowest BCUT2D eigenvalue weighted by Crippen LogP contribution is -2.42. The Kier molecular flexibility index (Phi) is 4.66. The van der Waals surface area contributed by atoms with Crippen LogP contribution in [0.1, 0.15) is 26.2 Å². The number of amides is 2. The topological polar surface area (TPSA) is 41.6 Å². The third-order valence-electron chi connectivity index (χ3n) is 3.72. The highest BCUT2D eigenvalue weighted by atomic mass is 16.5. The summed E-state index contributed by atoms with van der Waals surface area (Å²) in [4.78, 5) is 14.1. The zero-order chi connectivity index (χ0) is 13.7. The molecule has 4 nitrogen and oxygen atoms in total. The molecular weight excluding hydrogens is 240 g/mol. The third-order valence-corrected chi connectivity index (χ3v) is 3.72. The van der Waals surface area contributed by atoms with E-state index >= 15 is 0 Å². The van der Waals surface area contributed by atoms with Gasteiger partial charge in [-0.2, -0.15) is 0 Å². The Morgan fingerprint density at radius 3 is 2.79 bits per heavy atom. The normalized spacial score (nSPS) is 19.1. The van der Waals surface area contributed by atoms with E-state index in [-0.39, 0.29) is 6.03 Å². The van der Waals surface area contributed by atoms with Crippen LogP contribution < -0.4 is 10.1 Å². The molecule has 104 valence electrons. The molecule has 0 aromatic heterocycles. The Bertz CT molecular complexity index is 417. The highest BCUT2D eigenvalue weighted by Crippen LogP contribution is 2.20. The minimum atomic E-state index is 0.00307. The average molecular weight is 262 g/mol. The average Bonchev–Trinajstić information content (AvgIpc) is 2.48. The number of likely N-dealkylation sites (tertiary alicyclic amines) is 1. The first-order valence-electron chi connectivity index (χ1n) is 6.93. The molecule has 1 aromatic rings. The monoisotopic (exact) mass is 262 g/mol. The first-order valence-corrected chi connectivity index (χ1v) is 6.93. The molecule has 1 heterocycles. The van der Waals surface area contributed by atoms with Crippen molar-refractivity contribution in [2.24, 2.45) is 5.92 Å².